The predicted molar refractivity (Wildman–Crippen MR) is 78.9 cm³/mol. The Bertz CT molecular complexity index is 372. The zero-order valence-corrected chi connectivity index (χ0v) is 12.4. The molecule has 1 rings (SSSR count). The van der Waals surface area contributed by atoms with Crippen molar-refractivity contribution in [3.8, 4) is 5.75 Å². The van der Waals surface area contributed by atoms with E-state index in [1.165, 1.54) is 0 Å². The maximum Gasteiger partial charge on any atom is 0.222 e. The van der Waals surface area contributed by atoms with Gasteiger partial charge in [0.15, 0.2) is 0 Å². The Kier molecular flexibility index (Phi) is 7.34. The molecule has 0 fully saturated rings. The summed E-state index contributed by atoms with van der Waals surface area (Å²) in [4.78, 5) is 13.9. The molecule has 0 heterocycles. The monoisotopic (exact) mass is 283 g/mol. The second-order valence-corrected chi connectivity index (χ2v) is 4.80. The van der Waals surface area contributed by atoms with Crippen molar-refractivity contribution < 1.29 is 9.53 Å². The Balaban J connectivity index is 2.46. The van der Waals surface area contributed by atoms with Gasteiger partial charge < -0.3 is 9.64 Å². The highest BCUT2D eigenvalue weighted by atomic mass is 35.5. The van der Waals surface area contributed by atoms with Gasteiger partial charge in [0.2, 0.25) is 5.91 Å². The first-order valence-electron chi connectivity index (χ1n) is 6.68. The van der Waals surface area contributed by atoms with E-state index in [-0.39, 0.29) is 5.91 Å². The molecule has 1 amide bonds. The highest BCUT2D eigenvalue weighted by Crippen LogP contribution is 2.13. The molecule has 0 N–H and O–H groups in total. The van der Waals surface area contributed by atoms with Crippen molar-refractivity contribution in [1.29, 1.82) is 0 Å². The summed E-state index contributed by atoms with van der Waals surface area (Å²) < 4.78 is 5.11. The third kappa shape index (κ3) is 5.52. The number of methoxy groups -OCH3 is 1. The number of nitrogens with zero attached hydrogens (tertiary/aromatic N) is 1. The molecule has 0 aliphatic heterocycles. The fraction of sp³-hybridized carbons (Fsp3) is 0.533. The molecule has 0 bridgehead atoms. The normalized spacial score (nSPS) is 10.3. The highest BCUT2D eigenvalue weighted by molar-refractivity contribution is 6.18. The zero-order valence-electron chi connectivity index (χ0n) is 11.7. The van der Waals surface area contributed by atoms with E-state index < -0.39 is 0 Å². The number of halogens is 1. The number of hydrogen-bond acceptors (Lipinski definition) is 2. The van der Waals surface area contributed by atoms with Crippen molar-refractivity contribution in [2.45, 2.75) is 26.2 Å². The van der Waals surface area contributed by atoms with E-state index in [0.29, 0.717) is 18.8 Å². The van der Waals surface area contributed by atoms with Gasteiger partial charge in [-0.1, -0.05) is 19.1 Å². The maximum atomic E-state index is 12.1. The Morgan fingerprint density at radius 2 is 1.95 bits per heavy atom. The minimum atomic E-state index is 0.179. The summed E-state index contributed by atoms with van der Waals surface area (Å²) in [5.41, 5.74) is 1.15. The molecule has 0 aliphatic rings. The van der Waals surface area contributed by atoms with Crippen LogP contribution in [0, 0.1) is 0 Å². The van der Waals surface area contributed by atoms with Crippen LogP contribution in [0.5, 0.6) is 5.75 Å². The first-order chi connectivity index (χ1) is 9.21. The number of ether oxygens (including phenoxy) is 1. The SMILES string of the molecule is CCCN(CCCl)C(=O)CCc1ccc(OC)cc1. The lowest BCUT2D eigenvalue weighted by molar-refractivity contribution is -0.130. The highest BCUT2D eigenvalue weighted by Gasteiger charge is 2.11. The van der Waals surface area contributed by atoms with Crippen LogP contribution >= 0.6 is 11.6 Å². The van der Waals surface area contributed by atoms with E-state index in [1.807, 2.05) is 29.2 Å². The molecule has 0 saturated carbocycles. The Labute approximate surface area is 120 Å². The average Bonchev–Trinajstić information content (AvgIpc) is 2.45. The fourth-order valence-corrected chi connectivity index (χ4v) is 2.14. The summed E-state index contributed by atoms with van der Waals surface area (Å²) in [6, 6.07) is 7.83. The first-order valence-corrected chi connectivity index (χ1v) is 7.21. The number of hydrogen-bond donors (Lipinski definition) is 0. The molecular weight excluding hydrogens is 262 g/mol. The van der Waals surface area contributed by atoms with Crippen LogP contribution in [0.25, 0.3) is 0 Å². The van der Waals surface area contributed by atoms with Crippen molar-refractivity contribution in [3.05, 3.63) is 29.8 Å². The minimum absolute atomic E-state index is 0.179. The Hall–Kier alpha value is -1.22. The summed E-state index contributed by atoms with van der Waals surface area (Å²) in [5, 5.41) is 0. The van der Waals surface area contributed by atoms with E-state index in [9.17, 15) is 4.79 Å². The second-order valence-electron chi connectivity index (χ2n) is 4.42. The number of rotatable bonds is 8. The summed E-state index contributed by atoms with van der Waals surface area (Å²) in [6.45, 7) is 3.49. The van der Waals surface area contributed by atoms with Crippen LogP contribution in [-0.2, 0) is 11.2 Å². The molecule has 106 valence electrons. The van der Waals surface area contributed by atoms with Gasteiger partial charge in [-0.2, -0.15) is 0 Å². The molecule has 1 aromatic carbocycles. The summed E-state index contributed by atoms with van der Waals surface area (Å²) in [6.07, 6.45) is 2.25. The van der Waals surface area contributed by atoms with Crippen LogP contribution in [0.1, 0.15) is 25.3 Å². The van der Waals surface area contributed by atoms with Gasteiger partial charge in [-0.15, -0.1) is 11.6 Å². The molecule has 4 heteroatoms. The van der Waals surface area contributed by atoms with Crippen molar-refractivity contribution in [3.63, 3.8) is 0 Å². The van der Waals surface area contributed by atoms with Gasteiger partial charge in [0.1, 0.15) is 5.75 Å². The van der Waals surface area contributed by atoms with Crippen LogP contribution in [0.15, 0.2) is 24.3 Å². The fourth-order valence-electron chi connectivity index (χ4n) is 1.93. The van der Waals surface area contributed by atoms with E-state index in [0.717, 1.165) is 30.7 Å². The third-order valence-corrected chi connectivity index (χ3v) is 3.16. The average molecular weight is 284 g/mol. The molecule has 0 unspecified atom stereocenters. The predicted octanol–water partition coefficient (Wildman–Crippen LogP) is 3.11. The zero-order chi connectivity index (χ0) is 14.1. The Morgan fingerprint density at radius 3 is 2.47 bits per heavy atom. The molecule has 19 heavy (non-hydrogen) atoms. The van der Waals surface area contributed by atoms with Gasteiger partial charge in [0, 0.05) is 25.4 Å². The van der Waals surface area contributed by atoms with Gasteiger partial charge >= 0.3 is 0 Å². The summed E-state index contributed by atoms with van der Waals surface area (Å²) in [5.74, 6) is 1.51. The van der Waals surface area contributed by atoms with Gasteiger partial charge in [0.05, 0.1) is 7.11 Å². The largest absolute Gasteiger partial charge is 0.497 e. The van der Waals surface area contributed by atoms with Crippen LogP contribution in [0.4, 0.5) is 0 Å². The van der Waals surface area contributed by atoms with E-state index >= 15 is 0 Å². The standard InChI is InChI=1S/C15H22ClNO2/c1-3-11-17(12-10-16)15(18)9-6-13-4-7-14(19-2)8-5-13/h4-5,7-8H,3,6,9-12H2,1-2H3. The molecule has 3 nitrogen and oxygen atoms in total. The Morgan fingerprint density at radius 1 is 1.26 bits per heavy atom. The molecule has 0 atom stereocenters. The number of aryl methyl sites for hydroxylation is 1. The smallest absolute Gasteiger partial charge is 0.222 e. The lowest BCUT2D eigenvalue weighted by Crippen LogP contribution is -2.33. The van der Waals surface area contributed by atoms with Crippen LogP contribution < -0.4 is 4.74 Å². The van der Waals surface area contributed by atoms with Crippen molar-refractivity contribution in [1.82, 2.24) is 4.90 Å². The molecule has 0 radical (unpaired) electrons. The minimum Gasteiger partial charge on any atom is -0.497 e. The first kappa shape index (κ1) is 15.8. The van der Waals surface area contributed by atoms with Crippen LogP contribution in [-0.4, -0.2) is 36.9 Å². The molecule has 0 aromatic heterocycles. The number of benzene rings is 1. The lowest BCUT2D eigenvalue weighted by atomic mass is 10.1. The van der Waals surface area contributed by atoms with Gasteiger partial charge in [-0.3, -0.25) is 4.79 Å². The quantitative estimate of drug-likeness (QED) is 0.686. The molecule has 0 aliphatic carbocycles. The molecule has 1 aromatic rings. The topological polar surface area (TPSA) is 29.5 Å². The van der Waals surface area contributed by atoms with E-state index in [4.69, 9.17) is 16.3 Å². The van der Waals surface area contributed by atoms with Gasteiger partial charge in [0.25, 0.3) is 0 Å². The van der Waals surface area contributed by atoms with Crippen LogP contribution in [0.3, 0.4) is 0 Å². The third-order valence-electron chi connectivity index (χ3n) is 2.99. The van der Waals surface area contributed by atoms with Crippen molar-refractivity contribution in [2.24, 2.45) is 0 Å². The number of alkyl halides is 1. The molecule has 0 saturated heterocycles. The number of carbonyl (C=O) groups excluding carboxylic acids is 1. The molecule has 0 spiro atoms. The number of amides is 1. The van der Waals surface area contributed by atoms with E-state index in [1.54, 1.807) is 7.11 Å². The van der Waals surface area contributed by atoms with Gasteiger partial charge in [-0.25, -0.2) is 0 Å². The van der Waals surface area contributed by atoms with Gasteiger partial charge in [-0.05, 0) is 30.5 Å². The lowest BCUT2D eigenvalue weighted by Gasteiger charge is -2.20. The summed E-state index contributed by atoms with van der Waals surface area (Å²) in [7, 11) is 1.65. The van der Waals surface area contributed by atoms with Crippen molar-refractivity contribution >= 4 is 17.5 Å². The summed E-state index contributed by atoms with van der Waals surface area (Å²) >= 11 is 5.72. The number of carbonyl (C=O) groups is 1. The van der Waals surface area contributed by atoms with E-state index in [2.05, 4.69) is 6.92 Å². The van der Waals surface area contributed by atoms with Crippen LogP contribution in [0.2, 0.25) is 0 Å². The second kappa shape index (κ2) is 8.81. The molecular formula is C15H22ClNO2. The van der Waals surface area contributed by atoms with Crippen molar-refractivity contribution in [2.75, 3.05) is 26.1 Å². The maximum absolute atomic E-state index is 12.1.